The normalized spacial score (nSPS) is 9.89. The Morgan fingerprint density at radius 1 is 0.889 bits per heavy atom. The van der Waals surface area contributed by atoms with Crippen LogP contribution in [0.15, 0.2) is 36.4 Å². The highest BCUT2D eigenvalue weighted by Gasteiger charge is 2.02. The summed E-state index contributed by atoms with van der Waals surface area (Å²) in [5, 5.41) is 8.88. The molecule has 0 unspecified atom stereocenters. The number of hydrogen-bond donors (Lipinski definition) is 0. The van der Waals surface area contributed by atoms with E-state index in [0.717, 1.165) is 17.1 Å². The smallest absolute Gasteiger partial charge is 0.127 e. The fourth-order valence-electron chi connectivity index (χ4n) is 1.95. The van der Waals surface area contributed by atoms with E-state index in [0.29, 0.717) is 5.56 Å². The quantitative estimate of drug-likeness (QED) is 0.781. The van der Waals surface area contributed by atoms with Gasteiger partial charge in [-0.2, -0.15) is 5.26 Å². The van der Waals surface area contributed by atoms with Crippen LogP contribution in [0.25, 0.3) is 0 Å². The Balaban J connectivity index is 2.29. The minimum Gasteiger partial charge on any atom is -0.457 e. The molecule has 0 saturated carbocycles. The lowest BCUT2D eigenvalue weighted by atomic mass is 10.1. The molecule has 0 bridgehead atoms. The Labute approximate surface area is 107 Å². The third-order valence-electron chi connectivity index (χ3n) is 2.75. The van der Waals surface area contributed by atoms with Gasteiger partial charge in [0.2, 0.25) is 0 Å². The van der Waals surface area contributed by atoms with Crippen LogP contribution in [0.3, 0.4) is 0 Å². The second kappa shape index (κ2) is 4.93. The van der Waals surface area contributed by atoms with Crippen LogP contribution in [0.2, 0.25) is 0 Å². The van der Waals surface area contributed by atoms with Crippen LogP contribution in [0.1, 0.15) is 22.3 Å². The number of nitrogens with zero attached hydrogens (tertiary/aromatic N) is 1. The molecule has 2 nitrogen and oxygen atoms in total. The van der Waals surface area contributed by atoms with Crippen LogP contribution in [0.5, 0.6) is 11.5 Å². The Morgan fingerprint density at radius 3 is 2.11 bits per heavy atom. The minimum absolute atomic E-state index is 0.683. The standard InChI is InChI=1S/C16H15NO/c1-11-6-12(2)8-16(7-11)18-15-5-4-14(10-17)13(3)9-15/h4-9H,1-3H3. The summed E-state index contributed by atoms with van der Waals surface area (Å²) >= 11 is 0. The predicted molar refractivity (Wildman–Crippen MR) is 71.9 cm³/mol. The maximum atomic E-state index is 8.88. The number of nitriles is 1. The summed E-state index contributed by atoms with van der Waals surface area (Å²) in [7, 11) is 0. The van der Waals surface area contributed by atoms with Crippen molar-refractivity contribution in [3.8, 4) is 17.6 Å². The van der Waals surface area contributed by atoms with Gasteiger partial charge in [-0.1, -0.05) is 6.07 Å². The monoisotopic (exact) mass is 237 g/mol. The Bertz CT molecular complexity index is 603. The zero-order chi connectivity index (χ0) is 13.1. The molecule has 0 heterocycles. The van der Waals surface area contributed by atoms with Crippen LogP contribution < -0.4 is 4.74 Å². The van der Waals surface area contributed by atoms with Crippen molar-refractivity contribution in [3.63, 3.8) is 0 Å². The van der Waals surface area contributed by atoms with E-state index in [1.54, 1.807) is 6.07 Å². The fraction of sp³-hybridized carbons (Fsp3) is 0.188. The van der Waals surface area contributed by atoms with E-state index in [4.69, 9.17) is 10.00 Å². The van der Waals surface area contributed by atoms with Crippen molar-refractivity contribution in [2.75, 3.05) is 0 Å². The molecule has 0 spiro atoms. The second-order valence-electron chi connectivity index (χ2n) is 4.51. The predicted octanol–water partition coefficient (Wildman–Crippen LogP) is 4.28. The fourth-order valence-corrected chi connectivity index (χ4v) is 1.95. The molecule has 18 heavy (non-hydrogen) atoms. The molecular formula is C16H15NO. The van der Waals surface area contributed by atoms with Crippen molar-refractivity contribution in [1.29, 1.82) is 5.26 Å². The Hall–Kier alpha value is -2.27. The molecule has 0 atom stereocenters. The van der Waals surface area contributed by atoms with Gasteiger partial charge < -0.3 is 4.74 Å². The highest BCUT2D eigenvalue weighted by atomic mass is 16.5. The third kappa shape index (κ3) is 2.70. The number of rotatable bonds is 2. The summed E-state index contributed by atoms with van der Waals surface area (Å²) in [5.41, 5.74) is 3.97. The minimum atomic E-state index is 0.683. The first-order valence-electron chi connectivity index (χ1n) is 5.85. The lowest BCUT2D eigenvalue weighted by molar-refractivity contribution is 0.481. The van der Waals surface area contributed by atoms with E-state index in [2.05, 4.69) is 12.1 Å². The van der Waals surface area contributed by atoms with Gasteiger partial charge in [0, 0.05) is 0 Å². The maximum Gasteiger partial charge on any atom is 0.127 e. The molecule has 2 heteroatoms. The van der Waals surface area contributed by atoms with Gasteiger partial charge in [-0.3, -0.25) is 0 Å². The molecule has 0 fully saturated rings. The molecule has 0 radical (unpaired) electrons. The van der Waals surface area contributed by atoms with Crippen LogP contribution in [-0.2, 0) is 0 Å². The van der Waals surface area contributed by atoms with Crippen molar-refractivity contribution in [1.82, 2.24) is 0 Å². The SMILES string of the molecule is Cc1cc(C)cc(Oc2ccc(C#N)c(C)c2)c1. The van der Waals surface area contributed by atoms with Crippen LogP contribution >= 0.6 is 0 Å². The van der Waals surface area contributed by atoms with Gasteiger partial charge in [0.05, 0.1) is 11.6 Å². The second-order valence-corrected chi connectivity index (χ2v) is 4.51. The highest BCUT2D eigenvalue weighted by molar-refractivity contribution is 5.44. The summed E-state index contributed by atoms with van der Waals surface area (Å²) in [6.07, 6.45) is 0. The Morgan fingerprint density at radius 2 is 1.56 bits per heavy atom. The molecule has 0 aromatic heterocycles. The summed E-state index contributed by atoms with van der Waals surface area (Å²) < 4.78 is 5.81. The number of benzene rings is 2. The molecule has 0 aliphatic heterocycles. The van der Waals surface area contributed by atoms with Crippen LogP contribution in [-0.4, -0.2) is 0 Å². The average molecular weight is 237 g/mol. The van der Waals surface area contributed by atoms with E-state index in [9.17, 15) is 0 Å². The van der Waals surface area contributed by atoms with E-state index >= 15 is 0 Å². The lowest BCUT2D eigenvalue weighted by Crippen LogP contribution is -1.89. The number of hydrogen-bond acceptors (Lipinski definition) is 2. The van der Waals surface area contributed by atoms with E-state index in [-0.39, 0.29) is 0 Å². The highest BCUT2D eigenvalue weighted by Crippen LogP contribution is 2.25. The van der Waals surface area contributed by atoms with Crippen LogP contribution in [0.4, 0.5) is 0 Å². The summed E-state index contributed by atoms with van der Waals surface area (Å²) in [6, 6.07) is 13.8. The summed E-state index contributed by atoms with van der Waals surface area (Å²) in [6.45, 7) is 6.00. The number of aryl methyl sites for hydroxylation is 3. The van der Waals surface area contributed by atoms with E-state index < -0.39 is 0 Å². The molecule has 0 aliphatic carbocycles. The van der Waals surface area contributed by atoms with Gasteiger partial charge in [0.1, 0.15) is 11.5 Å². The zero-order valence-corrected chi connectivity index (χ0v) is 10.8. The topological polar surface area (TPSA) is 33.0 Å². The van der Waals surface area contributed by atoms with Crippen molar-refractivity contribution in [3.05, 3.63) is 58.7 Å². The first-order valence-corrected chi connectivity index (χ1v) is 5.85. The van der Waals surface area contributed by atoms with Gasteiger partial charge in [-0.05, 0) is 67.8 Å². The van der Waals surface area contributed by atoms with Crippen LogP contribution in [0, 0.1) is 32.1 Å². The van der Waals surface area contributed by atoms with Gasteiger partial charge in [0.25, 0.3) is 0 Å². The van der Waals surface area contributed by atoms with Gasteiger partial charge in [-0.15, -0.1) is 0 Å². The molecule has 2 aromatic carbocycles. The number of ether oxygens (including phenoxy) is 1. The van der Waals surface area contributed by atoms with Gasteiger partial charge in [0.15, 0.2) is 0 Å². The summed E-state index contributed by atoms with van der Waals surface area (Å²) in [5.74, 6) is 1.59. The van der Waals surface area contributed by atoms with Gasteiger partial charge >= 0.3 is 0 Å². The van der Waals surface area contributed by atoms with E-state index in [1.807, 2.05) is 45.0 Å². The van der Waals surface area contributed by atoms with Gasteiger partial charge in [-0.25, -0.2) is 0 Å². The lowest BCUT2D eigenvalue weighted by Gasteiger charge is -2.09. The molecule has 90 valence electrons. The molecule has 2 aromatic rings. The first kappa shape index (κ1) is 12.2. The molecule has 0 amide bonds. The molecule has 0 N–H and O–H groups in total. The third-order valence-corrected chi connectivity index (χ3v) is 2.75. The molecular weight excluding hydrogens is 222 g/mol. The van der Waals surface area contributed by atoms with E-state index in [1.165, 1.54) is 11.1 Å². The van der Waals surface area contributed by atoms with Crippen molar-refractivity contribution >= 4 is 0 Å². The average Bonchev–Trinajstić information content (AvgIpc) is 2.27. The molecule has 0 aliphatic rings. The Kier molecular flexibility index (Phi) is 3.34. The maximum absolute atomic E-state index is 8.88. The first-order chi connectivity index (χ1) is 8.58. The zero-order valence-electron chi connectivity index (χ0n) is 10.8. The van der Waals surface area contributed by atoms with Crippen molar-refractivity contribution in [2.45, 2.75) is 20.8 Å². The largest absolute Gasteiger partial charge is 0.457 e. The summed E-state index contributed by atoms with van der Waals surface area (Å²) in [4.78, 5) is 0. The van der Waals surface area contributed by atoms with Crippen molar-refractivity contribution in [2.24, 2.45) is 0 Å². The molecule has 2 rings (SSSR count). The van der Waals surface area contributed by atoms with Crippen molar-refractivity contribution < 1.29 is 4.74 Å². The molecule has 0 saturated heterocycles.